The molecule has 0 radical (unpaired) electrons. The lowest BCUT2D eigenvalue weighted by atomic mass is 9.76. The van der Waals surface area contributed by atoms with Crippen molar-refractivity contribution in [3.05, 3.63) is 22.7 Å². The third-order valence-electron chi connectivity index (χ3n) is 3.41. The van der Waals surface area contributed by atoms with E-state index in [1.807, 2.05) is 0 Å². The molecule has 0 atom stereocenters. The molecule has 1 fully saturated rings. The number of nitrogen functional groups attached to an aromatic ring is 1. The molecule has 0 aromatic heterocycles. The van der Waals surface area contributed by atoms with Crippen LogP contribution in [0.4, 0.5) is 5.69 Å². The van der Waals surface area contributed by atoms with Gasteiger partial charge in [0.25, 0.3) is 0 Å². The van der Waals surface area contributed by atoms with Gasteiger partial charge < -0.3 is 16.6 Å². The first-order chi connectivity index (χ1) is 7.54. The molecule has 1 aromatic carbocycles. The Bertz CT molecular complexity index is 400. The molecule has 0 bridgehead atoms. The van der Waals surface area contributed by atoms with Crippen molar-refractivity contribution in [1.29, 1.82) is 0 Å². The number of nitrogens with two attached hydrogens (primary N) is 2. The summed E-state index contributed by atoms with van der Waals surface area (Å²) in [4.78, 5) is 0. The summed E-state index contributed by atoms with van der Waals surface area (Å²) < 4.78 is 0. The van der Waals surface area contributed by atoms with Crippen LogP contribution in [0, 0.1) is 0 Å². The fraction of sp³-hybridized carbons (Fsp3) is 0.500. The van der Waals surface area contributed by atoms with Crippen LogP contribution < -0.4 is 11.5 Å². The standard InChI is InChI=1S/C12H17ClN2O/c13-8-4-5-9(16)10(11(8)14)12(15)6-2-1-3-7-12/h4-5,16H,1-3,6-7,14-15H2. The highest BCUT2D eigenvalue weighted by Gasteiger charge is 2.34. The van der Waals surface area contributed by atoms with Crippen LogP contribution in [0.3, 0.4) is 0 Å². The summed E-state index contributed by atoms with van der Waals surface area (Å²) in [7, 11) is 0. The second kappa shape index (κ2) is 4.15. The molecule has 2 rings (SSSR count). The van der Waals surface area contributed by atoms with Crippen LogP contribution in [-0.2, 0) is 5.54 Å². The normalized spacial score (nSPS) is 19.6. The predicted octanol–water partition coefficient (Wildman–Crippen LogP) is 2.75. The molecule has 4 heteroatoms. The molecule has 1 aromatic rings. The van der Waals surface area contributed by atoms with Crippen molar-refractivity contribution in [2.75, 3.05) is 5.73 Å². The van der Waals surface area contributed by atoms with Gasteiger partial charge in [-0.3, -0.25) is 0 Å². The van der Waals surface area contributed by atoms with E-state index in [0.717, 1.165) is 25.7 Å². The second-order valence-electron chi connectivity index (χ2n) is 4.57. The first-order valence-corrected chi connectivity index (χ1v) is 5.99. The Morgan fingerprint density at radius 3 is 2.44 bits per heavy atom. The first-order valence-electron chi connectivity index (χ1n) is 5.61. The van der Waals surface area contributed by atoms with E-state index in [1.165, 1.54) is 6.42 Å². The highest BCUT2D eigenvalue weighted by molar-refractivity contribution is 6.33. The van der Waals surface area contributed by atoms with Gasteiger partial charge in [-0.25, -0.2) is 0 Å². The van der Waals surface area contributed by atoms with Crippen molar-refractivity contribution in [2.45, 2.75) is 37.6 Å². The van der Waals surface area contributed by atoms with Crippen LogP contribution in [0.2, 0.25) is 5.02 Å². The number of rotatable bonds is 1. The number of aromatic hydroxyl groups is 1. The summed E-state index contributed by atoms with van der Waals surface area (Å²) in [6, 6.07) is 3.17. The van der Waals surface area contributed by atoms with Crippen LogP contribution in [0.15, 0.2) is 12.1 Å². The number of phenolic OH excluding ortho intramolecular Hbond substituents is 1. The lowest BCUT2D eigenvalue weighted by Gasteiger charge is -2.35. The molecule has 5 N–H and O–H groups in total. The van der Waals surface area contributed by atoms with Crippen LogP contribution in [0.1, 0.15) is 37.7 Å². The summed E-state index contributed by atoms with van der Waals surface area (Å²) in [6.45, 7) is 0. The largest absolute Gasteiger partial charge is 0.508 e. The van der Waals surface area contributed by atoms with Gasteiger partial charge in [0.15, 0.2) is 0 Å². The molecule has 1 aliphatic carbocycles. The topological polar surface area (TPSA) is 72.3 Å². The van der Waals surface area contributed by atoms with E-state index in [9.17, 15) is 5.11 Å². The predicted molar refractivity (Wildman–Crippen MR) is 66.5 cm³/mol. The Balaban J connectivity index is 2.49. The second-order valence-corrected chi connectivity index (χ2v) is 4.98. The quantitative estimate of drug-likeness (QED) is 0.661. The van der Waals surface area contributed by atoms with E-state index in [4.69, 9.17) is 23.1 Å². The van der Waals surface area contributed by atoms with Crippen molar-refractivity contribution in [1.82, 2.24) is 0 Å². The van der Waals surface area contributed by atoms with Crippen molar-refractivity contribution < 1.29 is 5.11 Å². The summed E-state index contributed by atoms with van der Waals surface area (Å²) >= 11 is 5.98. The highest BCUT2D eigenvalue weighted by atomic mass is 35.5. The van der Waals surface area contributed by atoms with Gasteiger partial charge in [-0.2, -0.15) is 0 Å². The van der Waals surface area contributed by atoms with Gasteiger partial charge in [0, 0.05) is 11.1 Å². The molecular formula is C12H17ClN2O. The number of hydrogen-bond acceptors (Lipinski definition) is 3. The number of halogens is 1. The Kier molecular flexibility index (Phi) is 3.00. The molecule has 0 unspecified atom stereocenters. The third-order valence-corrected chi connectivity index (χ3v) is 3.74. The lowest BCUT2D eigenvalue weighted by Crippen LogP contribution is -2.39. The van der Waals surface area contributed by atoms with Gasteiger partial charge in [0.1, 0.15) is 5.75 Å². The molecule has 0 spiro atoms. The molecule has 88 valence electrons. The summed E-state index contributed by atoms with van der Waals surface area (Å²) in [6.07, 6.45) is 5.04. The molecular weight excluding hydrogens is 224 g/mol. The molecule has 0 amide bonds. The third kappa shape index (κ3) is 1.85. The van der Waals surface area contributed by atoms with Gasteiger partial charge >= 0.3 is 0 Å². The minimum atomic E-state index is -0.517. The maximum atomic E-state index is 9.91. The minimum Gasteiger partial charge on any atom is -0.508 e. The number of anilines is 1. The van der Waals surface area contributed by atoms with Crippen LogP contribution in [-0.4, -0.2) is 5.11 Å². The van der Waals surface area contributed by atoms with Gasteiger partial charge in [0.05, 0.1) is 10.7 Å². The fourth-order valence-corrected chi connectivity index (χ4v) is 2.70. The van der Waals surface area contributed by atoms with E-state index in [0.29, 0.717) is 16.3 Å². The fourth-order valence-electron chi connectivity index (χ4n) is 2.54. The van der Waals surface area contributed by atoms with E-state index >= 15 is 0 Å². The summed E-state index contributed by atoms with van der Waals surface area (Å²) in [5.41, 5.74) is 12.8. The lowest BCUT2D eigenvalue weighted by molar-refractivity contribution is 0.293. The summed E-state index contributed by atoms with van der Waals surface area (Å²) in [5.74, 6) is 0.159. The van der Waals surface area contributed by atoms with Crippen LogP contribution in [0.5, 0.6) is 5.75 Å². The average Bonchev–Trinajstić information content (AvgIpc) is 2.25. The zero-order chi connectivity index (χ0) is 11.8. The van der Waals surface area contributed by atoms with Crippen LogP contribution in [0.25, 0.3) is 0 Å². The van der Waals surface area contributed by atoms with Gasteiger partial charge in [0.2, 0.25) is 0 Å². The van der Waals surface area contributed by atoms with E-state index in [2.05, 4.69) is 0 Å². The zero-order valence-corrected chi connectivity index (χ0v) is 9.93. The Hall–Kier alpha value is -0.930. The highest BCUT2D eigenvalue weighted by Crippen LogP contribution is 2.43. The van der Waals surface area contributed by atoms with E-state index in [-0.39, 0.29) is 5.75 Å². The van der Waals surface area contributed by atoms with Crippen LogP contribution >= 0.6 is 11.6 Å². The van der Waals surface area contributed by atoms with Gasteiger partial charge in [-0.15, -0.1) is 0 Å². The minimum absolute atomic E-state index is 0.159. The van der Waals surface area contributed by atoms with Crippen molar-refractivity contribution >= 4 is 17.3 Å². The molecule has 0 heterocycles. The number of benzene rings is 1. The molecule has 0 aliphatic heterocycles. The first kappa shape index (κ1) is 11.6. The monoisotopic (exact) mass is 240 g/mol. The van der Waals surface area contributed by atoms with Crippen molar-refractivity contribution in [2.24, 2.45) is 5.73 Å². The zero-order valence-electron chi connectivity index (χ0n) is 9.17. The molecule has 1 aliphatic rings. The number of phenols is 1. The molecule has 16 heavy (non-hydrogen) atoms. The summed E-state index contributed by atoms with van der Waals surface area (Å²) in [5, 5.41) is 10.4. The average molecular weight is 241 g/mol. The SMILES string of the molecule is Nc1c(Cl)ccc(O)c1C1(N)CCCCC1. The smallest absolute Gasteiger partial charge is 0.122 e. The number of hydrogen-bond donors (Lipinski definition) is 3. The Morgan fingerprint density at radius 1 is 1.19 bits per heavy atom. The van der Waals surface area contributed by atoms with Gasteiger partial charge in [-0.1, -0.05) is 30.9 Å². The van der Waals surface area contributed by atoms with E-state index < -0.39 is 5.54 Å². The van der Waals surface area contributed by atoms with Crippen molar-refractivity contribution in [3.63, 3.8) is 0 Å². The van der Waals surface area contributed by atoms with Gasteiger partial charge in [-0.05, 0) is 25.0 Å². The molecule has 1 saturated carbocycles. The maximum Gasteiger partial charge on any atom is 0.122 e. The molecule has 0 saturated heterocycles. The maximum absolute atomic E-state index is 9.91. The molecule has 3 nitrogen and oxygen atoms in total. The van der Waals surface area contributed by atoms with Crippen molar-refractivity contribution in [3.8, 4) is 5.75 Å². The Morgan fingerprint density at radius 2 is 1.81 bits per heavy atom. The Labute approximate surface area is 100 Å². The van der Waals surface area contributed by atoms with E-state index in [1.54, 1.807) is 12.1 Å².